The van der Waals surface area contributed by atoms with Gasteiger partial charge in [-0.25, -0.2) is 15.0 Å². The molecule has 0 saturated heterocycles. The largest absolute Gasteiger partial charge is 0.369 e. The Kier molecular flexibility index (Phi) is 3.81. The van der Waals surface area contributed by atoms with E-state index in [-0.39, 0.29) is 0 Å². The van der Waals surface area contributed by atoms with Crippen molar-refractivity contribution >= 4 is 17.4 Å². The van der Waals surface area contributed by atoms with E-state index in [1.807, 2.05) is 31.7 Å². The van der Waals surface area contributed by atoms with Crippen LogP contribution < -0.4 is 5.32 Å². The van der Waals surface area contributed by atoms with Crippen LogP contribution in [0.4, 0.5) is 5.82 Å². The molecule has 0 saturated carbocycles. The minimum absolute atomic E-state index is 0.502. The maximum absolute atomic E-state index is 6.02. The van der Waals surface area contributed by atoms with E-state index < -0.39 is 0 Å². The predicted octanol–water partition coefficient (Wildman–Crippen LogP) is 2.13. The van der Waals surface area contributed by atoms with Gasteiger partial charge in [-0.1, -0.05) is 11.6 Å². The Morgan fingerprint density at radius 1 is 1.33 bits per heavy atom. The molecular formula is C12H16ClN5. The van der Waals surface area contributed by atoms with Crippen molar-refractivity contribution in [2.75, 3.05) is 11.9 Å². The first-order chi connectivity index (χ1) is 8.58. The average Bonchev–Trinajstić information content (AvgIpc) is 2.71. The van der Waals surface area contributed by atoms with Gasteiger partial charge in [0.2, 0.25) is 0 Å². The Morgan fingerprint density at radius 3 is 2.78 bits per heavy atom. The SMILES string of the molecule is Cc1nc(Cl)c(C)c(NCCc2nccn2C)n1. The molecule has 1 N–H and O–H groups in total. The Balaban J connectivity index is 2.01. The molecule has 5 nitrogen and oxygen atoms in total. The first-order valence-corrected chi connectivity index (χ1v) is 6.16. The summed E-state index contributed by atoms with van der Waals surface area (Å²) >= 11 is 6.02. The fourth-order valence-corrected chi connectivity index (χ4v) is 1.91. The van der Waals surface area contributed by atoms with Crippen molar-refractivity contribution < 1.29 is 0 Å². The third kappa shape index (κ3) is 2.79. The van der Waals surface area contributed by atoms with Crippen LogP contribution in [0.3, 0.4) is 0 Å². The first kappa shape index (κ1) is 12.8. The molecule has 2 aromatic heterocycles. The van der Waals surface area contributed by atoms with Crippen molar-refractivity contribution in [1.82, 2.24) is 19.5 Å². The van der Waals surface area contributed by atoms with E-state index in [0.717, 1.165) is 30.2 Å². The van der Waals surface area contributed by atoms with Gasteiger partial charge in [0.05, 0.1) is 0 Å². The second kappa shape index (κ2) is 5.35. The summed E-state index contributed by atoms with van der Waals surface area (Å²) in [4.78, 5) is 12.7. The number of anilines is 1. The lowest BCUT2D eigenvalue weighted by atomic mass is 10.3. The third-order valence-electron chi connectivity index (χ3n) is 2.76. The molecule has 2 aromatic rings. The van der Waals surface area contributed by atoms with E-state index in [2.05, 4.69) is 20.3 Å². The lowest BCUT2D eigenvalue weighted by molar-refractivity contribution is 0.787. The van der Waals surface area contributed by atoms with Crippen LogP contribution in [0.25, 0.3) is 0 Å². The molecule has 2 rings (SSSR count). The van der Waals surface area contributed by atoms with E-state index in [1.165, 1.54) is 0 Å². The minimum atomic E-state index is 0.502. The number of halogens is 1. The molecule has 0 spiro atoms. The van der Waals surface area contributed by atoms with Gasteiger partial charge in [-0.15, -0.1) is 0 Å². The predicted molar refractivity (Wildman–Crippen MR) is 71.9 cm³/mol. The molecule has 18 heavy (non-hydrogen) atoms. The summed E-state index contributed by atoms with van der Waals surface area (Å²) in [6, 6.07) is 0. The highest BCUT2D eigenvalue weighted by molar-refractivity contribution is 6.30. The van der Waals surface area contributed by atoms with Gasteiger partial charge < -0.3 is 9.88 Å². The molecule has 0 unspecified atom stereocenters. The topological polar surface area (TPSA) is 55.6 Å². The molecule has 0 aromatic carbocycles. The smallest absolute Gasteiger partial charge is 0.137 e. The zero-order chi connectivity index (χ0) is 13.1. The van der Waals surface area contributed by atoms with Crippen molar-refractivity contribution in [1.29, 1.82) is 0 Å². The normalized spacial score (nSPS) is 10.7. The van der Waals surface area contributed by atoms with E-state index in [1.54, 1.807) is 6.20 Å². The van der Waals surface area contributed by atoms with Gasteiger partial charge in [-0.2, -0.15) is 0 Å². The van der Waals surface area contributed by atoms with E-state index in [9.17, 15) is 0 Å². The van der Waals surface area contributed by atoms with E-state index in [4.69, 9.17) is 11.6 Å². The van der Waals surface area contributed by atoms with Crippen molar-refractivity contribution in [3.05, 3.63) is 34.8 Å². The van der Waals surface area contributed by atoms with Crippen LogP contribution in [-0.2, 0) is 13.5 Å². The summed E-state index contributed by atoms with van der Waals surface area (Å²) in [6.07, 6.45) is 4.57. The summed E-state index contributed by atoms with van der Waals surface area (Å²) in [6.45, 7) is 4.50. The fraction of sp³-hybridized carbons (Fsp3) is 0.417. The number of rotatable bonds is 4. The Bertz CT molecular complexity index is 549. The number of aryl methyl sites for hydroxylation is 2. The third-order valence-corrected chi connectivity index (χ3v) is 3.13. The Hall–Kier alpha value is -1.62. The van der Waals surface area contributed by atoms with Gasteiger partial charge in [0.25, 0.3) is 0 Å². The molecule has 0 atom stereocenters. The van der Waals surface area contributed by atoms with Crippen LogP contribution in [0.2, 0.25) is 5.15 Å². The molecule has 96 valence electrons. The monoisotopic (exact) mass is 265 g/mol. The van der Waals surface area contributed by atoms with E-state index in [0.29, 0.717) is 11.0 Å². The summed E-state index contributed by atoms with van der Waals surface area (Å²) in [7, 11) is 1.99. The number of nitrogens with zero attached hydrogens (tertiary/aromatic N) is 4. The van der Waals surface area contributed by atoms with Crippen LogP contribution >= 0.6 is 11.6 Å². The molecule has 0 aliphatic rings. The van der Waals surface area contributed by atoms with Crippen molar-refractivity contribution in [2.24, 2.45) is 7.05 Å². The summed E-state index contributed by atoms with van der Waals surface area (Å²) in [5.74, 6) is 2.50. The number of nitrogens with one attached hydrogen (secondary N) is 1. The highest BCUT2D eigenvalue weighted by Crippen LogP contribution is 2.19. The second-order valence-electron chi connectivity index (χ2n) is 4.17. The highest BCUT2D eigenvalue weighted by atomic mass is 35.5. The number of hydrogen-bond acceptors (Lipinski definition) is 4. The van der Waals surface area contributed by atoms with Crippen LogP contribution in [-0.4, -0.2) is 26.1 Å². The summed E-state index contributed by atoms with van der Waals surface area (Å²) in [5.41, 5.74) is 0.877. The van der Waals surface area contributed by atoms with Gasteiger partial charge in [0, 0.05) is 38.0 Å². The molecule has 2 heterocycles. The maximum atomic E-state index is 6.02. The standard InChI is InChI=1S/C12H16ClN5/c1-8-11(13)16-9(2)17-12(8)15-5-4-10-14-6-7-18(10)3/h6-7H,4-5H2,1-3H3,(H,15,16,17). The highest BCUT2D eigenvalue weighted by Gasteiger charge is 2.07. The van der Waals surface area contributed by atoms with Crippen molar-refractivity contribution in [3.63, 3.8) is 0 Å². The van der Waals surface area contributed by atoms with Gasteiger partial charge in [0.1, 0.15) is 22.6 Å². The van der Waals surface area contributed by atoms with Crippen LogP contribution in [0.1, 0.15) is 17.2 Å². The Labute approximate surface area is 111 Å². The molecule has 0 radical (unpaired) electrons. The fourth-order valence-electron chi connectivity index (χ4n) is 1.70. The molecule has 0 aliphatic carbocycles. The zero-order valence-electron chi connectivity index (χ0n) is 10.7. The van der Waals surface area contributed by atoms with Gasteiger partial charge in [0.15, 0.2) is 0 Å². The molecule has 0 bridgehead atoms. The van der Waals surface area contributed by atoms with Gasteiger partial charge in [-0.05, 0) is 13.8 Å². The number of hydrogen-bond donors (Lipinski definition) is 1. The molecule has 0 amide bonds. The number of aromatic nitrogens is 4. The van der Waals surface area contributed by atoms with Crippen molar-refractivity contribution in [2.45, 2.75) is 20.3 Å². The lowest BCUT2D eigenvalue weighted by Crippen LogP contribution is -2.11. The second-order valence-corrected chi connectivity index (χ2v) is 4.52. The maximum Gasteiger partial charge on any atom is 0.137 e. The van der Waals surface area contributed by atoms with Crippen LogP contribution in [0.5, 0.6) is 0 Å². The summed E-state index contributed by atoms with van der Waals surface area (Å²) < 4.78 is 2.01. The van der Waals surface area contributed by atoms with Crippen LogP contribution in [0, 0.1) is 13.8 Å². The Morgan fingerprint density at radius 2 is 2.11 bits per heavy atom. The van der Waals surface area contributed by atoms with Gasteiger partial charge in [-0.3, -0.25) is 0 Å². The van der Waals surface area contributed by atoms with Crippen molar-refractivity contribution in [3.8, 4) is 0 Å². The van der Waals surface area contributed by atoms with E-state index >= 15 is 0 Å². The average molecular weight is 266 g/mol. The molecule has 6 heteroatoms. The number of imidazole rings is 1. The lowest BCUT2D eigenvalue weighted by Gasteiger charge is -2.10. The first-order valence-electron chi connectivity index (χ1n) is 5.78. The van der Waals surface area contributed by atoms with Gasteiger partial charge >= 0.3 is 0 Å². The minimum Gasteiger partial charge on any atom is -0.369 e. The summed E-state index contributed by atoms with van der Waals surface area (Å²) in [5, 5.41) is 3.77. The quantitative estimate of drug-likeness (QED) is 0.861. The molecular weight excluding hydrogens is 250 g/mol. The molecule has 0 aliphatic heterocycles. The molecule has 0 fully saturated rings. The zero-order valence-corrected chi connectivity index (χ0v) is 11.5. The van der Waals surface area contributed by atoms with Crippen LogP contribution in [0.15, 0.2) is 12.4 Å².